The second-order valence-electron chi connectivity index (χ2n) is 5.71. The van der Waals surface area contributed by atoms with Crippen LogP contribution in [0.1, 0.15) is 58.3 Å². The van der Waals surface area contributed by atoms with Crippen LogP contribution in [0, 0.1) is 5.41 Å². The van der Waals surface area contributed by atoms with Crippen molar-refractivity contribution in [2.75, 3.05) is 0 Å². The highest BCUT2D eigenvalue weighted by Gasteiger charge is 2.35. The Morgan fingerprint density at radius 1 is 1.32 bits per heavy atom. The molecule has 1 atom stereocenters. The summed E-state index contributed by atoms with van der Waals surface area (Å²) in [5.41, 5.74) is -0.404. The molecule has 19 heavy (non-hydrogen) atoms. The van der Waals surface area contributed by atoms with Crippen molar-refractivity contribution < 1.29 is 14.7 Å². The fourth-order valence-electron chi connectivity index (χ4n) is 2.61. The molecule has 1 amide bonds. The molecule has 0 aliphatic heterocycles. The molecule has 0 radical (unpaired) electrons. The normalized spacial score (nSPS) is 20.1. The Bertz CT molecular complexity index is 330. The molecule has 0 bridgehead atoms. The Hall–Kier alpha value is -1.32. The molecule has 1 aliphatic rings. The quantitative estimate of drug-likeness (QED) is 0.574. The maximum absolute atomic E-state index is 12.4. The zero-order valence-electron chi connectivity index (χ0n) is 11.8. The van der Waals surface area contributed by atoms with Gasteiger partial charge in [0.15, 0.2) is 0 Å². The molecule has 1 aliphatic carbocycles. The summed E-state index contributed by atoms with van der Waals surface area (Å²) < 4.78 is 0. The number of carbonyl (C=O) groups is 2. The Labute approximate surface area is 115 Å². The van der Waals surface area contributed by atoms with Gasteiger partial charge in [-0.25, -0.2) is 4.79 Å². The first-order valence-electron chi connectivity index (χ1n) is 7.14. The molecule has 0 spiro atoms. The lowest BCUT2D eigenvalue weighted by atomic mass is 9.81. The lowest BCUT2D eigenvalue weighted by Crippen LogP contribution is -2.47. The Balaban J connectivity index is 2.63. The molecular weight excluding hydrogens is 242 g/mol. The summed E-state index contributed by atoms with van der Waals surface area (Å²) in [5, 5.41) is 11.8. The number of rotatable bonds is 6. The monoisotopic (exact) mass is 267 g/mol. The van der Waals surface area contributed by atoms with Crippen molar-refractivity contribution in [3.8, 4) is 0 Å². The summed E-state index contributed by atoms with van der Waals surface area (Å²) in [7, 11) is 0. The molecule has 0 heterocycles. The highest BCUT2D eigenvalue weighted by Crippen LogP contribution is 2.34. The second-order valence-corrected chi connectivity index (χ2v) is 5.71. The number of hydrogen-bond donors (Lipinski definition) is 2. The van der Waals surface area contributed by atoms with Crippen LogP contribution in [0.3, 0.4) is 0 Å². The fraction of sp³-hybridized carbons (Fsp3) is 0.733. The van der Waals surface area contributed by atoms with E-state index in [1.807, 2.05) is 6.92 Å². The standard InChI is InChI=1S/C15H25NO3/c1-3-4-9-12(13(17)18)16-14(19)15(2)10-7-5-6-8-11-15/h3,12H,1,4-11H2,2H3,(H,16,19)(H,17,18). The summed E-state index contributed by atoms with van der Waals surface area (Å²) in [6.07, 6.45) is 8.81. The molecule has 4 heteroatoms. The van der Waals surface area contributed by atoms with Crippen molar-refractivity contribution in [1.29, 1.82) is 0 Å². The fourth-order valence-corrected chi connectivity index (χ4v) is 2.61. The van der Waals surface area contributed by atoms with Crippen LogP contribution < -0.4 is 5.32 Å². The third-order valence-corrected chi connectivity index (χ3v) is 4.02. The zero-order chi connectivity index (χ0) is 14.3. The lowest BCUT2D eigenvalue weighted by Gasteiger charge is -2.28. The Morgan fingerprint density at radius 3 is 2.37 bits per heavy atom. The van der Waals surface area contributed by atoms with Crippen LogP contribution in [0.25, 0.3) is 0 Å². The van der Waals surface area contributed by atoms with Crippen LogP contribution >= 0.6 is 0 Å². The first kappa shape index (κ1) is 15.7. The molecule has 0 aromatic heterocycles. The van der Waals surface area contributed by atoms with Gasteiger partial charge in [-0.15, -0.1) is 6.58 Å². The van der Waals surface area contributed by atoms with Crippen molar-refractivity contribution >= 4 is 11.9 Å². The van der Waals surface area contributed by atoms with Gasteiger partial charge in [0.1, 0.15) is 6.04 Å². The van der Waals surface area contributed by atoms with Gasteiger partial charge in [0.05, 0.1) is 0 Å². The average molecular weight is 267 g/mol. The number of aliphatic carboxylic acids is 1. The topological polar surface area (TPSA) is 66.4 Å². The van der Waals surface area contributed by atoms with E-state index in [9.17, 15) is 9.59 Å². The minimum Gasteiger partial charge on any atom is -0.480 e. The van der Waals surface area contributed by atoms with Crippen LogP contribution in [0.15, 0.2) is 12.7 Å². The van der Waals surface area contributed by atoms with Crippen LogP contribution in [0.2, 0.25) is 0 Å². The van der Waals surface area contributed by atoms with Crippen molar-refractivity contribution in [2.45, 2.75) is 64.3 Å². The predicted molar refractivity (Wildman–Crippen MR) is 74.8 cm³/mol. The third-order valence-electron chi connectivity index (χ3n) is 4.02. The predicted octanol–water partition coefficient (Wildman–Crippen LogP) is 2.88. The Kier molecular flexibility index (Phi) is 6.06. The van der Waals surface area contributed by atoms with E-state index in [1.165, 1.54) is 12.8 Å². The molecule has 1 rings (SSSR count). The molecule has 1 saturated carbocycles. The van der Waals surface area contributed by atoms with Gasteiger partial charge in [-0.1, -0.05) is 38.7 Å². The molecule has 0 aromatic carbocycles. The Morgan fingerprint density at radius 2 is 1.89 bits per heavy atom. The summed E-state index contributed by atoms with van der Waals surface area (Å²) >= 11 is 0. The zero-order valence-corrected chi connectivity index (χ0v) is 11.8. The summed E-state index contributed by atoms with van der Waals surface area (Å²) in [6.45, 7) is 5.54. The molecule has 1 fully saturated rings. The van der Waals surface area contributed by atoms with Crippen molar-refractivity contribution in [2.24, 2.45) is 5.41 Å². The van der Waals surface area contributed by atoms with E-state index in [4.69, 9.17) is 5.11 Å². The van der Waals surface area contributed by atoms with Crippen molar-refractivity contribution in [1.82, 2.24) is 5.32 Å². The van der Waals surface area contributed by atoms with Gasteiger partial charge in [0, 0.05) is 5.41 Å². The average Bonchev–Trinajstić information content (AvgIpc) is 2.59. The molecule has 2 N–H and O–H groups in total. The highest BCUT2D eigenvalue weighted by molar-refractivity contribution is 5.87. The van der Waals surface area contributed by atoms with E-state index in [0.717, 1.165) is 25.7 Å². The largest absolute Gasteiger partial charge is 0.480 e. The molecule has 4 nitrogen and oxygen atoms in total. The van der Waals surface area contributed by atoms with Gasteiger partial charge < -0.3 is 10.4 Å². The number of amides is 1. The molecule has 0 aromatic rings. The van der Waals surface area contributed by atoms with Gasteiger partial charge >= 0.3 is 5.97 Å². The van der Waals surface area contributed by atoms with E-state index in [0.29, 0.717) is 12.8 Å². The number of carboxylic acid groups (broad SMARTS) is 1. The molecule has 1 unspecified atom stereocenters. The summed E-state index contributed by atoms with van der Waals surface area (Å²) in [5.74, 6) is -1.07. The number of nitrogens with one attached hydrogen (secondary N) is 1. The minimum atomic E-state index is -0.965. The van der Waals surface area contributed by atoms with Gasteiger partial charge in [0.25, 0.3) is 0 Å². The SMILES string of the molecule is C=CCCC(NC(=O)C1(C)CCCCCC1)C(=O)O. The van der Waals surface area contributed by atoms with Gasteiger partial charge in [-0.3, -0.25) is 4.79 Å². The second kappa shape index (κ2) is 7.31. The number of allylic oxidation sites excluding steroid dienone is 1. The van der Waals surface area contributed by atoms with E-state index in [1.54, 1.807) is 6.08 Å². The number of carbonyl (C=O) groups excluding carboxylic acids is 1. The smallest absolute Gasteiger partial charge is 0.326 e. The first-order chi connectivity index (χ1) is 8.99. The number of hydrogen-bond acceptors (Lipinski definition) is 2. The first-order valence-corrected chi connectivity index (χ1v) is 7.14. The maximum Gasteiger partial charge on any atom is 0.326 e. The van der Waals surface area contributed by atoms with Gasteiger partial charge in [-0.2, -0.15) is 0 Å². The summed E-state index contributed by atoms with van der Waals surface area (Å²) in [6, 6.07) is -0.800. The van der Waals surface area contributed by atoms with E-state index in [-0.39, 0.29) is 5.91 Å². The van der Waals surface area contributed by atoms with Crippen LogP contribution in [0.5, 0.6) is 0 Å². The molecular formula is C15H25NO3. The highest BCUT2D eigenvalue weighted by atomic mass is 16.4. The van der Waals surface area contributed by atoms with Crippen molar-refractivity contribution in [3.63, 3.8) is 0 Å². The lowest BCUT2D eigenvalue weighted by molar-refractivity contribution is -0.144. The molecule has 108 valence electrons. The maximum atomic E-state index is 12.4. The number of carboxylic acids is 1. The van der Waals surface area contributed by atoms with Crippen LogP contribution in [0.4, 0.5) is 0 Å². The molecule has 0 saturated heterocycles. The van der Waals surface area contributed by atoms with Crippen LogP contribution in [-0.2, 0) is 9.59 Å². The van der Waals surface area contributed by atoms with E-state index < -0.39 is 17.4 Å². The van der Waals surface area contributed by atoms with E-state index in [2.05, 4.69) is 11.9 Å². The summed E-state index contributed by atoms with van der Waals surface area (Å²) in [4.78, 5) is 23.5. The van der Waals surface area contributed by atoms with Gasteiger partial charge in [-0.05, 0) is 25.7 Å². The van der Waals surface area contributed by atoms with Gasteiger partial charge in [0.2, 0.25) is 5.91 Å². The van der Waals surface area contributed by atoms with Crippen molar-refractivity contribution in [3.05, 3.63) is 12.7 Å². The minimum absolute atomic E-state index is 0.106. The van der Waals surface area contributed by atoms with E-state index >= 15 is 0 Å². The third kappa shape index (κ3) is 4.69. The van der Waals surface area contributed by atoms with Crippen LogP contribution in [-0.4, -0.2) is 23.0 Å².